The highest BCUT2D eigenvalue weighted by Crippen LogP contribution is 2.28. The second-order valence-corrected chi connectivity index (χ2v) is 5.56. The Morgan fingerprint density at radius 2 is 2.00 bits per heavy atom. The van der Waals surface area contributed by atoms with Crippen molar-refractivity contribution in [3.8, 4) is 0 Å². The Hall–Kier alpha value is -0.610. The Labute approximate surface area is 106 Å². The van der Waals surface area contributed by atoms with Gasteiger partial charge < -0.3 is 5.32 Å². The smallest absolute Gasteiger partial charge is 0.139 e. The maximum absolute atomic E-state index is 13.4. The average Bonchev–Trinajstić information content (AvgIpc) is 2.29. The SMILES string of the molecule is CCCNC(C)C(C)Sc1ccc(F)cc1F. The van der Waals surface area contributed by atoms with Gasteiger partial charge in [0.1, 0.15) is 11.6 Å². The van der Waals surface area contributed by atoms with Crippen molar-refractivity contribution in [1.82, 2.24) is 5.32 Å². The minimum atomic E-state index is -0.531. The molecule has 96 valence electrons. The predicted octanol–water partition coefficient (Wildman–Crippen LogP) is 3.83. The molecule has 2 atom stereocenters. The molecule has 0 amide bonds. The van der Waals surface area contributed by atoms with Crippen molar-refractivity contribution in [3.63, 3.8) is 0 Å². The third kappa shape index (κ3) is 4.64. The zero-order chi connectivity index (χ0) is 12.8. The number of hydrogen-bond acceptors (Lipinski definition) is 2. The van der Waals surface area contributed by atoms with E-state index >= 15 is 0 Å². The van der Waals surface area contributed by atoms with Gasteiger partial charge in [-0.05, 0) is 32.0 Å². The first-order valence-corrected chi connectivity index (χ1v) is 6.77. The molecule has 0 aliphatic heterocycles. The Balaban J connectivity index is 2.58. The summed E-state index contributed by atoms with van der Waals surface area (Å²) >= 11 is 1.43. The molecule has 1 nitrogen and oxygen atoms in total. The predicted molar refractivity (Wildman–Crippen MR) is 69.4 cm³/mol. The summed E-state index contributed by atoms with van der Waals surface area (Å²) in [6.45, 7) is 7.19. The van der Waals surface area contributed by atoms with E-state index in [4.69, 9.17) is 0 Å². The molecule has 0 bridgehead atoms. The lowest BCUT2D eigenvalue weighted by atomic mass is 10.2. The van der Waals surface area contributed by atoms with Gasteiger partial charge in [0, 0.05) is 22.3 Å². The van der Waals surface area contributed by atoms with Crippen molar-refractivity contribution < 1.29 is 8.78 Å². The highest BCUT2D eigenvalue weighted by molar-refractivity contribution is 8.00. The van der Waals surface area contributed by atoms with E-state index in [1.807, 2.05) is 6.92 Å². The van der Waals surface area contributed by atoms with Crippen LogP contribution in [0.5, 0.6) is 0 Å². The lowest BCUT2D eigenvalue weighted by molar-refractivity contribution is 0.539. The number of nitrogens with one attached hydrogen (secondary N) is 1. The molecule has 2 unspecified atom stereocenters. The lowest BCUT2D eigenvalue weighted by Gasteiger charge is -2.20. The van der Waals surface area contributed by atoms with E-state index in [0.29, 0.717) is 10.9 Å². The number of thioether (sulfide) groups is 1. The second kappa shape index (κ2) is 6.97. The van der Waals surface area contributed by atoms with E-state index in [-0.39, 0.29) is 5.25 Å². The number of halogens is 2. The van der Waals surface area contributed by atoms with E-state index in [9.17, 15) is 8.78 Å². The number of rotatable bonds is 6. The van der Waals surface area contributed by atoms with E-state index in [2.05, 4.69) is 19.2 Å². The summed E-state index contributed by atoms with van der Waals surface area (Å²) in [7, 11) is 0. The third-order valence-electron chi connectivity index (χ3n) is 2.63. The molecule has 0 saturated carbocycles. The van der Waals surface area contributed by atoms with Crippen LogP contribution < -0.4 is 5.32 Å². The van der Waals surface area contributed by atoms with Gasteiger partial charge >= 0.3 is 0 Å². The van der Waals surface area contributed by atoms with Crippen LogP contribution in [0, 0.1) is 11.6 Å². The molecule has 4 heteroatoms. The third-order valence-corrected chi connectivity index (χ3v) is 3.99. The molecule has 1 aromatic rings. The first kappa shape index (κ1) is 14.5. The second-order valence-electron chi connectivity index (χ2n) is 4.14. The largest absolute Gasteiger partial charge is 0.313 e. The van der Waals surface area contributed by atoms with Gasteiger partial charge in [0.05, 0.1) is 0 Å². The van der Waals surface area contributed by atoms with Crippen molar-refractivity contribution in [3.05, 3.63) is 29.8 Å². The van der Waals surface area contributed by atoms with Gasteiger partial charge in [0.25, 0.3) is 0 Å². The van der Waals surface area contributed by atoms with Crippen molar-refractivity contribution in [2.45, 2.75) is 43.4 Å². The van der Waals surface area contributed by atoms with Crippen LogP contribution in [0.3, 0.4) is 0 Å². The van der Waals surface area contributed by atoms with Crippen LogP contribution >= 0.6 is 11.8 Å². The molecule has 0 fully saturated rings. The maximum Gasteiger partial charge on any atom is 0.139 e. The Bertz CT molecular complexity index is 357. The highest BCUT2D eigenvalue weighted by Gasteiger charge is 2.15. The van der Waals surface area contributed by atoms with Gasteiger partial charge in [-0.15, -0.1) is 11.8 Å². The molecule has 0 aromatic heterocycles. The molecular formula is C13H19F2NS. The van der Waals surface area contributed by atoms with Gasteiger partial charge in [0.2, 0.25) is 0 Å². The van der Waals surface area contributed by atoms with Crippen LogP contribution in [0.15, 0.2) is 23.1 Å². The molecule has 1 aromatic carbocycles. The van der Waals surface area contributed by atoms with Crippen LogP contribution in [-0.2, 0) is 0 Å². The molecule has 0 aliphatic rings. The van der Waals surface area contributed by atoms with Crippen molar-refractivity contribution in [2.24, 2.45) is 0 Å². The topological polar surface area (TPSA) is 12.0 Å². The van der Waals surface area contributed by atoms with Crippen LogP contribution in [0.4, 0.5) is 8.78 Å². The first-order chi connectivity index (χ1) is 8.04. The standard InChI is InChI=1S/C13H19F2NS/c1-4-7-16-9(2)10(3)17-13-6-5-11(14)8-12(13)15/h5-6,8-10,16H,4,7H2,1-3H3. The summed E-state index contributed by atoms with van der Waals surface area (Å²) in [5.41, 5.74) is 0. The fourth-order valence-electron chi connectivity index (χ4n) is 1.41. The van der Waals surface area contributed by atoms with E-state index in [1.54, 1.807) is 0 Å². The minimum Gasteiger partial charge on any atom is -0.313 e. The molecule has 0 aliphatic carbocycles. The van der Waals surface area contributed by atoms with Gasteiger partial charge in [-0.2, -0.15) is 0 Å². The van der Waals surface area contributed by atoms with Crippen LogP contribution in [0.1, 0.15) is 27.2 Å². The maximum atomic E-state index is 13.4. The molecule has 1 N–H and O–H groups in total. The Kier molecular flexibility index (Phi) is 5.92. The van der Waals surface area contributed by atoms with Crippen LogP contribution in [0.2, 0.25) is 0 Å². The highest BCUT2D eigenvalue weighted by atomic mass is 32.2. The summed E-state index contributed by atoms with van der Waals surface area (Å²) < 4.78 is 26.2. The van der Waals surface area contributed by atoms with E-state index in [0.717, 1.165) is 19.0 Å². The molecule has 1 rings (SSSR count). The minimum absolute atomic E-state index is 0.238. The Morgan fingerprint density at radius 3 is 2.59 bits per heavy atom. The normalized spacial score (nSPS) is 14.6. The molecule has 0 spiro atoms. The number of benzene rings is 1. The fraction of sp³-hybridized carbons (Fsp3) is 0.538. The molecule has 17 heavy (non-hydrogen) atoms. The van der Waals surface area contributed by atoms with E-state index in [1.165, 1.54) is 23.9 Å². The zero-order valence-electron chi connectivity index (χ0n) is 10.5. The summed E-state index contributed by atoms with van der Waals surface area (Å²) in [6.07, 6.45) is 1.08. The molecule has 0 radical (unpaired) electrons. The lowest BCUT2D eigenvalue weighted by Crippen LogP contribution is -2.34. The van der Waals surface area contributed by atoms with Crippen LogP contribution in [0.25, 0.3) is 0 Å². The number of hydrogen-bond donors (Lipinski definition) is 1. The van der Waals surface area contributed by atoms with Gasteiger partial charge in [-0.1, -0.05) is 13.8 Å². The molecule has 0 heterocycles. The van der Waals surface area contributed by atoms with Crippen molar-refractivity contribution in [2.75, 3.05) is 6.54 Å². The summed E-state index contributed by atoms with van der Waals surface area (Å²) in [5, 5.41) is 3.60. The molecule has 0 saturated heterocycles. The Morgan fingerprint density at radius 1 is 1.29 bits per heavy atom. The zero-order valence-corrected chi connectivity index (χ0v) is 11.3. The first-order valence-electron chi connectivity index (χ1n) is 5.89. The monoisotopic (exact) mass is 259 g/mol. The summed E-state index contributed by atoms with van der Waals surface area (Å²) in [6, 6.07) is 4.02. The van der Waals surface area contributed by atoms with Gasteiger partial charge in [-0.3, -0.25) is 0 Å². The summed E-state index contributed by atoms with van der Waals surface area (Å²) in [4.78, 5) is 0.504. The van der Waals surface area contributed by atoms with Crippen molar-refractivity contribution >= 4 is 11.8 Å². The molecular weight excluding hydrogens is 240 g/mol. The van der Waals surface area contributed by atoms with Gasteiger partial charge in [-0.25, -0.2) is 8.78 Å². The summed E-state index contributed by atoms with van der Waals surface area (Å²) in [5.74, 6) is -1.01. The average molecular weight is 259 g/mol. The fourth-order valence-corrected chi connectivity index (χ4v) is 2.43. The van der Waals surface area contributed by atoms with Gasteiger partial charge in [0.15, 0.2) is 0 Å². The van der Waals surface area contributed by atoms with E-state index < -0.39 is 11.6 Å². The quantitative estimate of drug-likeness (QED) is 0.779. The van der Waals surface area contributed by atoms with Crippen molar-refractivity contribution in [1.29, 1.82) is 0 Å². The van der Waals surface area contributed by atoms with Crippen LogP contribution in [-0.4, -0.2) is 17.8 Å².